The summed E-state index contributed by atoms with van der Waals surface area (Å²) in [7, 11) is 0. The first kappa shape index (κ1) is 21.1. The Morgan fingerprint density at radius 3 is 2.62 bits per heavy atom. The number of likely N-dealkylation sites (tertiary alicyclic amines) is 1. The maximum atomic E-state index is 12.0. The van der Waals surface area contributed by atoms with E-state index in [1.54, 1.807) is 0 Å². The summed E-state index contributed by atoms with van der Waals surface area (Å²) in [4.78, 5) is 22.7. The molecule has 176 valence electrons. The van der Waals surface area contributed by atoms with Crippen LogP contribution in [-0.4, -0.2) is 56.5 Å². The molecule has 1 aromatic carbocycles. The number of benzene rings is 1. The molecule has 3 atom stereocenters. The van der Waals surface area contributed by atoms with Crippen LogP contribution in [0, 0.1) is 11.8 Å². The number of aromatic nitrogens is 4. The minimum atomic E-state index is -0.172. The van der Waals surface area contributed by atoms with Gasteiger partial charge >= 0.3 is 0 Å². The Balaban J connectivity index is 1.28. The van der Waals surface area contributed by atoms with Gasteiger partial charge in [0.2, 0.25) is 5.91 Å². The van der Waals surface area contributed by atoms with E-state index < -0.39 is 0 Å². The lowest BCUT2D eigenvalue weighted by molar-refractivity contribution is -0.125. The third-order valence-corrected chi connectivity index (χ3v) is 7.36. The Morgan fingerprint density at radius 2 is 1.94 bits per heavy atom. The van der Waals surface area contributed by atoms with Gasteiger partial charge in [-0.2, -0.15) is 5.10 Å². The number of rotatable bonds is 5. The number of nitrogens with zero attached hydrogens (tertiary/aromatic N) is 5. The van der Waals surface area contributed by atoms with Crippen LogP contribution >= 0.6 is 0 Å². The van der Waals surface area contributed by atoms with E-state index >= 15 is 0 Å². The van der Waals surface area contributed by atoms with Crippen LogP contribution in [-0.2, 0) is 9.53 Å². The van der Waals surface area contributed by atoms with Crippen molar-refractivity contribution >= 4 is 22.8 Å². The molecule has 3 unspecified atom stereocenters. The van der Waals surface area contributed by atoms with Gasteiger partial charge in [-0.25, -0.2) is 14.6 Å². The molecule has 1 amide bonds. The molecule has 6 rings (SSSR count). The number of hydrogen-bond acceptors (Lipinski definition) is 7. The molecule has 2 aromatic heterocycles. The Kier molecular flexibility index (Phi) is 5.21. The fourth-order valence-corrected chi connectivity index (χ4v) is 5.71. The lowest BCUT2D eigenvalue weighted by Gasteiger charge is -2.18. The first-order chi connectivity index (χ1) is 16.6. The SMILES string of the molecule is C=CC(=O)N1CC2CC(n3nc(-c4ccc(OC5CCCO5)cc4)c4c(N)ncnc43)CC2C1. The van der Waals surface area contributed by atoms with Crippen molar-refractivity contribution in [3.63, 3.8) is 0 Å². The van der Waals surface area contributed by atoms with Gasteiger partial charge in [-0.15, -0.1) is 0 Å². The molecule has 4 heterocycles. The number of fused-ring (bicyclic) bond motifs is 2. The highest BCUT2D eigenvalue weighted by molar-refractivity contribution is 5.98. The minimum absolute atomic E-state index is 0.0187. The zero-order chi connectivity index (χ0) is 23.2. The number of nitrogens with two attached hydrogens (primary N) is 1. The summed E-state index contributed by atoms with van der Waals surface area (Å²) in [5.74, 6) is 2.14. The number of nitrogen functional groups attached to an aromatic ring is 1. The van der Waals surface area contributed by atoms with Crippen molar-refractivity contribution in [2.45, 2.75) is 38.0 Å². The lowest BCUT2D eigenvalue weighted by atomic mass is 10.0. The molecule has 0 bridgehead atoms. The highest BCUT2D eigenvalue weighted by Crippen LogP contribution is 2.45. The van der Waals surface area contributed by atoms with Crippen molar-refractivity contribution < 1.29 is 14.3 Å². The zero-order valence-corrected chi connectivity index (χ0v) is 19.0. The van der Waals surface area contributed by atoms with E-state index in [0.29, 0.717) is 17.7 Å². The second-order valence-electron chi connectivity index (χ2n) is 9.43. The molecule has 9 heteroatoms. The smallest absolute Gasteiger partial charge is 0.245 e. The van der Waals surface area contributed by atoms with E-state index in [0.717, 1.165) is 73.4 Å². The fraction of sp³-hybridized carbons (Fsp3) is 0.440. The molecule has 0 spiro atoms. The van der Waals surface area contributed by atoms with Crippen molar-refractivity contribution in [3.05, 3.63) is 43.2 Å². The number of anilines is 1. The van der Waals surface area contributed by atoms with E-state index in [1.165, 1.54) is 12.4 Å². The van der Waals surface area contributed by atoms with Crippen molar-refractivity contribution in [2.24, 2.45) is 11.8 Å². The van der Waals surface area contributed by atoms with Crippen molar-refractivity contribution in [1.82, 2.24) is 24.6 Å². The number of amides is 1. The maximum absolute atomic E-state index is 12.0. The average molecular weight is 461 g/mol. The first-order valence-electron chi connectivity index (χ1n) is 11.9. The molecule has 2 aliphatic heterocycles. The predicted molar refractivity (Wildman–Crippen MR) is 127 cm³/mol. The molecule has 1 aliphatic carbocycles. The number of carbonyl (C=O) groups is 1. The van der Waals surface area contributed by atoms with E-state index in [9.17, 15) is 4.79 Å². The Labute approximate surface area is 197 Å². The van der Waals surface area contributed by atoms with Gasteiger partial charge in [0.15, 0.2) is 11.9 Å². The van der Waals surface area contributed by atoms with Crippen LogP contribution in [0.5, 0.6) is 5.75 Å². The summed E-state index contributed by atoms with van der Waals surface area (Å²) in [6.07, 6.45) is 6.58. The summed E-state index contributed by atoms with van der Waals surface area (Å²) >= 11 is 0. The molecule has 9 nitrogen and oxygen atoms in total. The van der Waals surface area contributed by atoms with Gasteiger partial charge < -0.3 is 20.1 Å². The van der Waals surface area contributed by atoms with Gasteiger partial charge in [0.1, 0.15) is 23.6 Å². The van der Waals surface area contributed by atoms with E-state index in [2.05, 4.69) is 16.5 Å². The van der Waals surface area contributed by atoms with Crippen LogP contribution in [0.25, 0.3) is 22.3 Å². The lowest BCUT2D eigenvalue weighted by Crippen LogP contribution is -2.28. The topological polar surface area (TPSA) is 108 Å². The number of carbonyl (C=O) groups excluding carboxylic acids is 1. The van der Waals surface area contributed by atoms with Gasteiger partial charge in [0.05, 0.1) is 18.0 Å². The van der Waals surface area contributed by atoms with Crippen LogP contribution in [0.3, 0.4) is 0 Å². The molecule has 3 aromatic rings. The zero-order valence-electron chi connectivity index (χ0n) is 19.0. The molecule has 3 fully saturated rings. The second-order valence-corrected chi connectivity index (χ2v) is 9.43. The molecule has 3 aliphatic rings. The van der Waals surface area contributed by atoms with Gasteiger partial charge in [-0.3, -0.25) is 4.79 Å². The standard InChI is InChI=1S/C25H28N6O3/c1-2-20(32)30-12-16-10-18(11-17(16)13-30)31-25-22(24(26)27-14-28-25)23(29-31)15-5-7-19(8-6-15)34-21-4-3-9-33-21/h2,5-8,14,16-18,21H,1,3-4,9-13H2,(H2,26,27,28). The average Bonchev–Trinajstić information content (AvgIpc) is 3.62. The highest BCUT2D eigenvalue weighted by Gasteiger charge is 2.43. The molecule has 2 saturated heterocycles. The summed E-state index contributed by atoms with van der Waals surface area (Å²) in [5.41, 5.74) is 8.77. The van der Waals surface area contributed by atoms with Crippen LogP contribution < -0.4 is 10.5 Å². The number of hydrogen-bond donors (Lipinski definition) is 1. The van der Waals surface area contributed by atoms with Gasteiger partial charge in [0, 0.05) is 25.1 Å². The van der Waals surface area contributed by atoms with Crippen molar-refractivity contribution in [3.8, 4) is 17.0 Å². The van der Waals surface area contributed by atoms with E-state index in [1.807, 2.05) is 33.8 Å². The van der Waals surface area contributed by atoms with E-state index in [-0.39, 0.29) is 18.2 Å². The summed E-state index contributed by atoms with van der Waals surface area (Å²) in [6, 6.07) is 8.07. The Morgan fingerprint density at radius 1 is 1.18 bits per heavy atom. The predicted octanol–water partition coefficient (Wildman–Crippen LogP) is 3.19. The summed E-state index contributed by atoms with van der Waals surface area (Å²) in [6.45, 7) is 5.93. The second kappa shape index (κ2) is 8.39. The van der Waals surface area contributed by atoms with Crippen molar-refractivity contribution in [2.75, 3.05) is 25.4 Å². The third kappa shape index (κ3) is 3.60. The van der Waals surface area contributed by atoms with Gasteiger partial charge in [-0.05, 0) is 61.4 Å². The normalized spacial score (nSPS) is 26.2. The summed E-state index contributed by atoms with van der Waals surface area (Å²) < 4.78 is 13.5. The highest BCUT2D eigenvalue weighted by atomic mass is 16.7. The first-order valence-corrected chi connectivity index (χ1v) is 11.9. The maximum Gasteiger partial charge on any atom is 0.245 e. The van der Waals surface area contributed by atoms with Crippen LogP contribution in [0.4, 0.5) is 5.82 Å². The Bertz CT molecular complexity index is 1220. The largest absolute Gasteiger partial charge is 0.465 e. The Hall–Kier alpha value is -3.46. The van der Waals surface area contributed by atoms with Crippen LogP contribution in [0.2, 0.25) is 0 Å². The number of ether oxygens (including phenoxy) is 2. The molecule has 1 saturated carbocycles. The monoisotopic (exact) mass is 460 g/mol. The summed E-state index contributed by atoms with van der Waals surface area (Å²) in [5, 5.41) is 5.78. The van der Waals surface area contributed by atoms with Gasteiger partial charge in [-0.1, -0.05) is 6.58 Å². The van der Waals surface area contributed by atoms with Crippen LogP contribution in [0.15, 0.2) is 43.2 Å². The molecular formula is C25H28N6O3. The van der Waals surface area contributed by atoms with Gasteiger partial charge in [0.25, 0.3) is 0 Å². The molecule has 2 N–H and O–H groups in total. The molecular weight excluding hydrogens is 432 g/mol. The van der Waals surface area contributed by atoms with E-state index in [4.69, 9.17) is 20.3 Å². The quantitative estimate of drug-likeness (QED) is 0.583. The van der Waals surface area contributed by atoms with Crippen molar-refractivity contribution in [1.29, 1.82) is 0 Å². The molecule has 0 radical (unpaired) electrons. The fourth-order valence-electron chi connectivity index (χ4n) is 5.71. The molecule has 34 heavy (non-hydrogen) atoms. The van der Waals surface area contributed by atoms with Crippen LogP contribution in [0.1, 0.15) is 31.7 Å². The minimum Gasteiger partial charge on any atom is -0.465 e. The third-order valence-electron chi connectivity index (χ3n) is 7.36.